The van der Waals surface area contributed by atoms with Gasteiger partial charge in [-0.25, -0.2) is 4.39 Å². The van der Waals surface area contributed by atoms with Gasteiger partial charge in [0.2, 0.25) is 0 Å². The van der Waals surface area contributed by atoms with Crippen molar-refractivity contribution in [1.82, 2.24) is 0 Å². The second kappa shape index (κ2) is 3.50. The minimum absolute atomic E-state index is 0.0660. The van der Waals surface area contributed by atoms with E-state index in [0.29, 0.717) is 18.6 Å². The Labute approximate surface area is 86.3 Å². The van der Waals surface area contributed by atoms with Gasteiger partial charge in [-0.2, -0.15) is 0 Å². The van der Waals surface area contributed by atoms with Gasteiger partial charge in [0.1, 0.15) is 11.4 Å². The summed E-state index contributed by atoms with van der Waals surface area (Å²) < 4.78 is 18.2. The highest BCUT2D eigenvalue weighted by molar-refractivity contribution is 6.30. The fourth-order valence-electron chi connectivity index (χ4n) is 1.57. The van der Waals surface area contributed by atoms with E-state index in [1.54, 1.807) is 6.07 Å². The fraction of sp³-hybridized carbons (Fsp3) is 0.400. The van der Waals surface area contributed by atoms with Gasteiger partial charge in [0.15, 0.2) is 0 Å². The summed E-state index contributed by atoms with van der Waals surface area (Å²) in [5.74, 6) is -0.510. The van der Waals surface area contributed by atoms with Crippen LogP contribution in [-0.2, 0) is 10.3 Å². The first kappa shape index (κ1) is 9.90. The predicted molar refractivity (Wildman–Crippen MR) is 50.7 cm³/mol. The lowest BCUT2D eigenvalue weighted by Crippen LogP contribution is -2.25. The lowest BCUT2D eigenvalue weighted by molar-refractivity contribution is 0.0229. The first-order chi connectivity index (χ1) is 6.62. The predicted octanol–water partition coefficient (Wildman–Crippen LogP) is 2.09. The minimum atomic E-state index is -1.05. The molecule has 2 nitrogen and oxygen atoms in total. The van der Waals surface area contributed by atoms with E-state index in [1.807, 2.05) is 0 Å². The van der Waals surface area contributed by atoms with Gasteiger partial charge in [0, 0.05) is 13.0 Å². The minimum Gasteiger partial charge on any atom is -0.383 e. The van der Waals surface area contributed by atoms with E-state index in [-0.39, 0.29) is 11.6 Å². The summed E-state index contributed by atoms with van der Waals surface area (Å²) in [5.41, 5.74) is -0.525. The normalized spacial score (nSPS) is 26.8. The highest BCUT2D eigenvalue weighted by Gasteiger charge is 2.34. The van der Waals surface area contributed by atoms with E-state index in [0.717, 1.165) is 0 Å². The van der Waals surface area contributed by atoms with Gasteiger partial charge in [-0.15, -0.1) is 0 Å². The summed E-state index contributed by atoms with van der Waals surface area (Å²) >= 11 is 5.54. The van der Waals surface area contributed by atoms with Gasteiger partial charge in [-0.1, -0.05) is 17.7 Å². The van der Waals surface area contributed by atoms with Gasteiger partial charge in [-0.3, -0.25) is 0 Å². The average Bonchev–Trinajstić information content (AvgIpc) is 2.58. The summed E-state index contributed by atoms with van der Waals surface area (Å²) in [6.07, 6.45) is 0.494. The molecule has 0 aromatic heterocycles. The monoisotopic (exact) mass is 216 g/mol. The molecule has 1 aromatic carbocycles. The van der Waals surface area contributed by atoms with Crippen molar-refractivity contribution in [3.8, 4) is 0 Å². The van der Waals surface area contributed by atoms with Crippen LogP contribution in [0.25, 0.3) is 0 Å². The van der Waals surface area contributed by atoms with E-state index in [4.69, 9.17) is 16.3 Å². The molecule has 1 fully saturated rings. The molecule has 1 saturated heterocycles. The molecule has 14 heavy (non-hydrogen) atoms. The second-order valence-corrected chi connectivity index (χ2v) is 3.87. The van der Waals surface area contributed by atoms with Crippen molar-refractivity contribution in [2.45, 2.75) is 12.0 Å². The van der Waals surface area contributed by atoms with E-state index in [9.17, 15) is 9.50 Å². The van der Waals surface area contributed by atoms with Gasteiger partial charge >= 0.3 is 0 Å². The first-order valence-corrected chi connectivity index (χ1v) is 4.75. The Bertz CT molecular complexity index is 348. The standard InChI is InChI=1S/C10H10ClFO2/c11-8-2-1-7(5-9(8)12)10(13)3-4-14-6-10/h1-2,5,13H,3-4,6H2. The van der Waals surface area contributed by atoms with Crippen LogP contribution in [0.4, 0.5) is 4.39 Å². The third-order valence-corrected chi connectivity index (χ3v) is 2.76. The number of aliphatic hydroxyl groups is 1. The summed E-state index contributed by atoms with van der Waals surface area (Å²) in [5, 5.41) is 10.1. The molecule has 0 aliphatic carbocycles. The lowest BCUT2D eigenvalue weighted by Gasteiger charge is -2.20. The number of benzene rings is 1. The van der Waals surface area contributed by atoms with E-state index >= 15 is 0 Å². The maximum Gasteiger partial charge on any atom is 0.142 e. The molecular formula is C10H10ClFO2. The Morgan fingerprint density at radius 3 is 2.86 bits per heavy atom. The highest BCUT2D eigenvalue weighted by Crippen LogP contribution is 2.31. The van der Waals surface area contributed by atoms with Gasteiger partial charge in [-0.05, 0) is 17.7 Å². The lowest BCUT2D eigenvalue weighted by atomic mass is 9.93. The van der Waals surface area contributed by atoms with E-state index < -0.39 is 11.4 Å². The van der Waals surface area contributed by atoms with Crippen LogP contribution in [0.15, 0.2) is 18.2 Å². The maximum absolute atomic E-state index is 13.1. The van der Waals surface area contributed by atoms with Crippen LogP contribution in [0.1, 0.15) is 12.0 Å². The molecule has 0 spiro atoms. The van der Waals surface area contributed by atoms with Crippen LogP contribution in [-0.4, -0.2) is 18.3 Å². The van der Waals surface area contributed by atoms with Gasteiger partial charge in [0.25, 0.3) is 0 Å². The van der Waals surface area contributed by atoms with Crippen LogP contribution < -0.4 is 0 Å². The molecule has 0 saturated carbocycles. The van der Waals surface area contributed by atoms with Crippen LogP contribution in [0.2, 0.25) is 5.02 Å². The topological polar surface area (TPSA) is 29.5 Å². The van der Waals surface area contributed by atoms with Crippen molar-refractivity contribution in [2.75, 3.05) is 13.2 Å². The molecule has 0 radical (unpaired) electrons. The average molecular weight is 217 g/mol. The van der Waals surface area contributed by atoms with Gasteiger partial charge in [0.05, 0.1) is 11.6 Å². The summed E-state index contributed by atoms with van der Waals surface area (Å²) in [7, 11) is 0. The largest absolute Gasteiger partial charge is 0.383 e. The molecule has 1 N–H and O–H groups in total. The Hall–Kier alpha value is -0.640. The molecule has 4 heteroatoms. The molecule has 2 rings (SSSR count). The summed E-state index contributed by atoms with van der Waals surface area (Å²) in [6, 6.07) is 4.33. The number of hydrogen-bond donors (Lipinski definition) is 1. The van der Waals surface area contributed by atoms with Gasteiger partial charge < -0.3 is 9.84 Å². The molecule has 1 aliphatic rings. The van der Waals surface area contributed by atoms with E-state index in [1.165, 1.54) is 12.1 Å². The molecule has 0 amide bonds. The Kier molecular flexibility index (Phi) is 2.47. The van der Waals surface area contributed by atoms with Crippen molar-refractivity contribution in [3.63, 3.8) is 0 Å². The fourth-order valence-corrected chi connectivity index (χ4v) is 1.69. The SMILES string of the molecule is OC1(c2ccc(Cl)c(F)c2)CCOC1. The zero-order valence-corrected chi connectivity index (χ0v) is 8.22. The quantitative estimate of drug-likeness (QED) is 0.779. The molecule has 1 aliphatic heterocycles. The molecule has 1 atom stereocenters. The van der Waals surface area contributed by atoms with Crippen LogP contribution in [0.3, 0.4) is 0 Å². The highest BCUT2D eigenvalue weighted by atomic mass is 35.5. The number of halogens is 2. The van der Waals surface area contributed by atoms with Crippen molar-refractivity contribution in [3.05, 3.63) is 34.6 Å². The Morgan fingerprint density at radius 2 is 2.29 bits per heavy atom. The van der Waals surface area contributed by atoms with Crippen LogP contribution in [0.5, 0.6) is 0 Å². The molecule has 0 bridgehead atoms. The number of ether oxygens (including phenoxy) is 1. The van der Waals surface area contributed by atoms with Crippen LogP contribution in [0, 0.1) is 5.82 Å². The van der Waals surface area contributed by atoms with Crippen molar-refractivity contribution in [1.29, 1.82) is 0 Å². The molecule has 1 unspecified atom stereocenters. The molecular weight excluding hydrogens is 207 g/mol. The zero-order chi connectivity index (χ0) is 10.2. The first-order valence-electron chi connectivity index (χ1n) is 4.37. The van der Waals surface area contributed by atoms with Crippen LogP contribution >= 0.6 is 11.6 Å². The summed E-state index contributed by atoms with van der Waals surface area (Å²) in [4.78, 5) is 0. The van der Waals surface area contributed by atoms with Crippen molar-refractivity contribution >= 4 is 11.6 Å². The molecule has 1 heterocycles. The third kappa shape index (κ3) is 1.63. The second-order valence-electron chi connectivity index (χ2n) is 3.46. The molecule has 76 valence electrons. The number of hydrogen-bond acceptors (Lipinski definition) is 2. The summed E-state index contributed by atoms with van der Waals surface area (Å²) in [6.45, 7) is 0.717. The molecule has 1 aromatic rings. The zero-order valence-electron chi connectivity index (χ0n) is 7.46. The Morgan fingerprint density at radius 1 is 1.50 bits per heavy atom. The maximum atomic E-state index is 13.1. The van der Waals surface area contributed by atoms with E-state index in [2.05, 4.69) is 0 Å². The smallest absolute Gasteiger partial charge is 0.142 e. The van der Waals surface area contributed by atoms with Crippen molar-refractivity contribution in [2.24, 2.45) is 0 Å². The number of rotatable bonds is 1. The Balaban J connectivity index is 2.36. The third-order valence-electron chi connectivity index (χ3n) is 2.46. The van der Waals surface area contributed by atoms with Crippen molar-refractivity contribution < 1.29 is 14.2 Å².